The number of carbonyl (C=O) groups is 2. The summed E-state index contributed by atoms with van der Waals surface area (Å²) in [5, 5.41) is 0. The molecule has 124 valence electrons. The third-order valence-electron chi connectivity index (χ3n) is 4.01. The van der Waals surface area contributed by atoms with Crippen LogP contribution in [0, 0.1) is 5.82 Å². The molecule has 5 heteroatoms. The van der Waals surface area contributed by atoms with Crippen LogP contribution in [0.2, 0.25) is 0 Å². The standard InChI is InChI=1S/C19H18FNO3/c20-17-5-2-1-4-14(17)7-12-19(23)24-16-10-8-15(9-11-16)21-13-3-6-18(21)22/h1-2,4-5,8-11H,3,6-7,12-13H2. The first kappa shape index (κ1) is 16.2. The quantitative estimate of drug-likeness (QED) is 0.624. The Morgan fingerprint density at radius 3 is 2.54 bits per heavy atom. The Kier molecular flexibility index (Phi) is 4.89. The molecule has 0 bridgehead atoms. The molecule has 0 atom stereocenters. The molecule has 2 aromatic carbocycles. The van der Waals surface area contributed by atoms with E-state index in [9.17, 15) is 14.0 Å². The average molecular weight is 327 g/mol. The van der Waals surface area contributed by atoms with Crippen molar-refractivity contribution in [2.45, 2.75) is 25.7 Å². The second-order valence-corrected chi connectivity index (χ2v) is 5.71. The monoisotopic (exact) mass is 327 g/mol. The van der Waals surface area contributed by atoms with Gasteiger partial charge in [0.2, 0.25) is 5.91 Å². The van der Waals surface area contributed by atoms with Crippen molar-refractivity contribution in [3.63, 3.8) is 0 Å². The number of esters is 1. The Bertz CT molecular complexity index is 743. The molecule has 1 aliphatic rings. The van der Waals surface area contributed by atoms with Gasteiger partial charge in [0.05, 0.1) is 6.42 Å². The summed E-state index contributed by atoms with van der Waals surface area (Å²) in [5.74, 6) is -0.193. The number of anilines is 1. The van der Waals surface area contributed by atoms with Gasteiger partial charge in [-0.1, -0.05) is 18.2 Å². The molecular formula is C19H18FNO3. The summed E-state index contributed by atoms with van der Waals surface area (Å²) in [6.07, 6.45) is 1.84. The molecule has 1 fully saturated rings. The number of hydrogen-bond donors (Lipinski definition) is 0. The van der Waals surface area contributed by atoms with Crippen LogP contribution in [0.4, 0.5) is 10.1 Å². The average Bonchev–Trinajstić information content (AvgIpc) is 3.01. The number of benzene rings is 2. The van der Waals surface area contributed by atoms with Gasteiger partial charge in [0.25, 0.3) is 0 Å². The van der Waals surface area contributed by atoms with Gasteiger partial charge in [-0.05, 0) is 48.7 Å². The summed E-state index contributed by atoms with van der Waals surface area (Å²) in [5.41, 5.74) is 1.31. The van der Waals surface area contributed by atoms with E-state index in [-0.39, 0.29) is 18.1 Å². The van der Waals surface area contributed by atoms with Gasteiger partial charge >= 0.3 is 5.97 Å². The number of amides is 1. The second kappa shape index (κ2) is 7.25. The number of aryl methyl sites for hydroxylation is 1. The van der Waals surface area contributed by atoms with Gasteiger partial charge in [0, 0.05) is 18.7 Å². The molecule has 0 aliphatic carbocycles. The van der Waals surface area contributed by atoms with Crippen molar-refractivity contribution in [1.29, 1.82) is 0 Å². The number of carbonyl (C=O) groups excluding carboxylic acids is 2. The van der Waals surface area contributed by atoms with Crippen molar-refractivity contribution in [2.75, 3.05) is 11.4 Å². The third kappa shape index (κ3) is 3.79. The van der Waals surface area contributed by atoms with Gasteiger partial charge in [0.15, 0.2) is 0 Å². The SMILES string of the molecule is O=C(CCc1ccccc1F)Oc1ccc(N2CCCC2=O)cc1. The normalized spacial score (nSPS) is 14.0. The molecule has 0 saturated carbocycles. The molecule has 24 heavy (non-hydrogen) atoms. The van der Waals surface area contributed by atoms with Crippen molar-refractivity contribution >= 4 is 17.6 Å². The van der Waals surface area contributed by atoms with E-state index in [1.54, 1.807) is 47.4 Å². The van der Waals surface area contributed by atoms with Crippen molar-refractivity contribution in [3.8, 4) is 5.75 Å². The molecule has 0 spiro atoms. The van der Waals surface area contributed by atoms with E-state index in [4.69, 9.17) is 4.74 Å². The number of hydrogen-bond acceptors (Lipinski definition) is 3. The largest absolute Gasteiger partial charge is 0.427 e. The minimum atomic E-state index is -0.414. The first-order valence-corrected chi connectivity index (χ1v) is 7.98. The second-order valence-electron chi connectivity index (χ2n) is 5.71. The lowest BCUT2D eigenvalue weighted by Gasteiger charge is -2.15. The Morgan fingerprint density at radius 1 is 1.12 bits per heavy atom. The first-order valence-electron chi connectivity index (χ1n) is 7.98. The van der Waals surface area contributed by atoms with E-state index in [1.165, 1.54) is 6.07 Å². The molecule has 0 aromatic heterocycles. The maximum atomic E-state index is 13.5. The number of nitrogens with zero attached hydrogens (tertiary/aromatic N) is 1. The first-order chi connectivity index (χ1) is 11.6. The molecular weight excluding hydrogens is 309 g/mol. The van der Waals surface area contributed by atoms with Crippen LogP contribution in [0.1, 0.15) is 24.8 Å². The zero-order valence-electron chi connectivity index (χ0n) is 13.2. The lowest BCUT2D eigenvalue weighted by atomic mass is 10.1. The van der Waals surface area contributed by atoms with Crippen LogP contribution >= 0.6 is 0 Å². The highest BCUT2D eigenvalue weighted by molar-refractivity contribution is 5.95. The molecule has 0 radical (unpaired) electrons. The van der Waals surface area contributed by atoms with Crippen molar-refractivity contribution in [2.24, 2.45) is 0 Å². The number of halogens is 1. The molecule has 3 rings (SSSR count). The molecule has 1 saturated heterocycles. The maximum absolute atomic E-state index is 13.5. The fraction of sp³-hybridized carbons (Fsp3) is 0.263. The summed E-state index contributed by atoms with van der Waals surface area (Å²) in [6, 6.07) is 13.3. The van der Waals surface area contributed by atoms with Crippen LogP contribution in [0.3, 0.4) is 0 Å². The van der Waals surface area contributed by atoms with Gasteiger partial charge in [-0.2, -0.15) is 0 Å². The summed E-state index contributed by atoms with van der Waals surface area (Å²) in [6.45, 7) is 0.723. The Labute approximate surface area is 139 Å². The Morgan fingerprint density at radius 2 is 1.88 bits per heavy atom. The van der Waals surface area contributed by atoms with Crippen LogP contribution in [-0.2, 0) is 16.0 Å². The van der Waals surface area contributed by atoms with E-state index in [2.05, 4.69) is 0 Å². The fourth-order valence-electron chi connectivity index (χ4n) is 2.74. The predicted molar refractivity (Wildman–Crippen MR) is 88.4 cm³/mol. The van der Waals surface area contributed by atoms with Crippen LogP contribution in [0.15, 0.2) is 48.5 Å². The number of rotatable bonds is 5. The van der Waals surface area contributed by atoms with Crippen molar-refractivity contribution in [1.82, 2.24) is 0 Å². The third-order valence-corrected chi connectivity index (χ3v) is 4.01. The van der Waals surface area contributed by atoms with Crippen LogP contribution in [-0.4, -0.2) is 18.4 Å². The minimum Gasteiger partial charge on any atom is -0.427 e. The van der Waals surface area contributed by atoms with Gasteiger partial charge in [-0.3, -0.25) is 9.59 Å². The van der Waals surface area contributed by atoms with Crippen molar-refractivity contribution in [3.05, 3.63) is 59.9 Å². The summed E-state index contributed by atoms with van der Waals surface area (Å²) in [4.78, 5) is 25.3. The molecule has 4 nitrogen and oxygen atoms in total. The van der Waals surface area contributed by atoms with Gasteiger partial charge < -0.3 is 9.64 Å². The van der Waals surface area contributed by atoms with Gasteiger partial charge in [-0.15, -0.1) is 0 Å². The highest BCUT2D eigenvalue weighted by Gasteiger charge is 2.21. The van der Waals surface area contributed by atoms with Crippen LogP contribution in [0.25, 0.3) is 0 Å². The summed E-state index contributed by atoms with van der Waals surface area (Å²) < 4.78 is 18.8. The Hall–Kier alpha value is -2.69. The topological polar surface area (TPSA) is 46.6 Å². The molecule has 1 heterocycles. The lowest BCUT2D eigenvalue weighted by molar-refractivity contribution is -0.134. The van der Waals surface area contributed by atoms with E-state index < -0.39 is 5.97 Å². The molecule has 1 aliphatic heterocycles. The number of ether oxygens (including phenoxy) is 1. The molecule has 0 unspecified atom stereocenters. The van der Waals surface area contributed by atoms with Gasteiger partial charge in [0.1, 0.15) is 11.6 Å². The zero-order valence-corrected chi connectivity index (χ0v) is 13.2. The van der Waals surface area contributed by atoms with Crippen LogP contribution in [0.5, 0.6) is 5.75 Å². The van der Waals surface area contributed by atoms with E-state index >= 15 is 0 Å². The Balaban J connectivity index is 1.55. The van der Waals surface area contributed by atoms with E-state index in [0.29, 0.717) is 24.2 Å². The predicted octanol–water partition coefficient (Wildman–Crippen LogP) is 3.49. The van der Waals surface area contributed by atoms with Gasteiger partial charge in [-0.25, -0.2) is 4.39 Å². The fourth-order valence-corrected chi connectivity index (χ4v) is 2.74. The molecule has 0 N–H and O–H groups in total. The molecule has 1 amide bonds. The molecule has 2 aromatic rings. The van der Waals surface area contributed by atoms with E-state index in [1.807, 2.05) is 0 Å². The van der Waals surface area contributed by atoms with Crippen molar-refractivity contribution < 1.29 is 18.7 Å². The smallest absolute Gasteiger partial charge is 0.311 e. The minimum absolute atomic E-state index is 0.104. The van der Waals surface area contributed by atoms with Crippen LogP contribution < -0.4 is 9.64 Å². The zero-order chi connectivity index (χ0) is 16.9. The highest BCUT2D eigenvalue weighted by Crippen LogP contribution is 2.24. The summed E-state index contributed by atoms with van der Waals surface area (Å²) in [7, 11) is 0. The highest BCUT2D eigenvalue weighted by atomic mass is 19.1. The maximum Gasteiger partial charge on any atom is 0.311 e. The summed E-state index contributed by atoms with van der Waals surface area (Å²) >= 11 is 0. The lowest BCUT2D eigenvalue weighted by Crippen LogP contribution is -2.23. The van der Waals surface area contributed by atoms with E-state index in [0.717, 1.165) is 18.7 Å².